The second-order valence-electron chi connectivity index (χ2n) is 4.27. The van der Waals surface area contributed by atoms with E-state index in [-0.39, 0.29) is 17.6 Å². The monoisotopic (exact) mass is 240 g/mol. The minimum Gasteiger partial charge on any atom is -0.316 e. The fourth-order valence-electron chi connectivity index (χ4n) is 2.30. The van der Waals surface area contributed by atoms with Crippen LogP contribution in [0.2, 0.25) is 0 Å². The summed E-state index contributed by atoms with van der Waals surface area (Å²) in [5.74, 6) is 0.386. The lowest BCUT2D eigenvalue weighted by Gasteiger charge is -2.17. The van der Waals surface area contributed by atoms with E-state index in [9.17, 15) is 8.42 Å². The number of nitrogens with one attached hydrogen (secondary N) is 1. The predicted molar refractivity (Wildman–Crippen MR) is 63.5 cm³/mol. The molecule has 0 aliphatic carbocycles. The molecular formula is C11H16N2O2S. The minimum atomic E-state index is -3.39. The summed E-state index contributed by atoms with van der Waals surface area (Å²) < 4.78 is 22.2. The highest BCUT2D eigenvalue weighted by molar-refractivity contribution is 7.89. The fourth-order valence-corrected chi connectivity index (χ4v) is 3.24. The van der Waals surface area contributed by atoms with E-state index in [1.165, 1.54) is 5.56 Å². The molecule has 16 heavy (non-hydrogen) atoms. The summed E-state index contributed by atoms with van der Waals surface area (Å²) in [5, 5.41) is 8.32. The van der Waals surface area contributed by atoms with E-state index in [4.69, 9.17) is 5.14 Å². The number of benzene rings is 1. The molecule has 1 aliphatic rings. The van der Waals surface area contributed by atoms with Crippen LogP contribution in [-0.2, 0) is 10.0 Å². The van der Waals surface area contributed by atoms with Gasteiger partial charge in [-0.2, -0.15) is 0 Å². The van der Waals surface area contributed by atoms with Crippen LogP contribution in [0.25, 0.3) is 0 Å². The molecule has 2 rings (SSSR count). The molecule has 88 valence electrons. The Morgan fingerprint density at radius 1 is 1.25 bits per heavy atom. The third-order valence-corrected chi connectivity index (χ3v) is 3.91. The van der Waals surface area contributed by atoms with Gasteiger partial charge in [0.1, 0.15) is 0 Å². The Labute approximate surface area is 95.9 Å². The first-order valence-corrected chi connectivity index (χ1v) is 7.04. The molecule has 1 heterocycles. The van der Waals surface area contributed by atoms with Crippen molar-refractivity contribution in [1.82, 2.24) is 5.32 Å². The number of sulfonamides is 1. The number of nitrogens with two attached hydrogens (primary N) is 1. The number of hydrogen-bond donors (Lipinski definition) is 2. The lowest BCUT2D eigenvalue weighted by Crippen LogP contribution is -2.26. The smallest absolute Gasteiger partial charge is 0.209 e. The standard InChI is InChI=1S/C11H16N2O2S/c12-16(14,15)8-10-6-13-7-11(10)9-4-2-1-3-5-9/h1-5,10-11,13H,6-8H2,(H2,12,14,15). The lowest BCUT2D eigenvalue weighted by atomic mass is 9.90. The lowest BCUT2D eigenvalue weighted by molar-refractivity contribution is 0.543. The van der Waals surface area contributed by atoms with Crippen molar-refractivity contribution in [2.24, 2.45) is 11.1 Å². The van der Waals surface area contributed by atoms with Gasteiger partial charge in [0.25, 0.3) is 0 Å². The van der Waals surface area contributed by atoms with Crippen LogP contribution in [0.1, 0.15) is 11.5 Å². The van der Waals surface area contributed by atoms with E-state index in [0.29, 0.717) is 0 Å². The SMILES string of the molecule is NS(=O)(=O)CC1CNCC1c1ccccc1. The molecule has 5 heteroatoms. The quantitative estimate of drug-likeness (QED) is 0.797. The van der Waals surface area contributed by atoms with Crippen molar-refractivity contribution in [3.05, 3.63) is 35.9 Å². The molecule has 1 fully saturated rings. The van der Waals surface area contributed by atoms with Crippen LogP contribution in [0.15, 0.2) is 30.3 Å². The van der Waals surface area contributed by atoms with Gasteiger partial charge in [0.05, 0.1) is 5.75 Å². The normalized spacial score (nSPS) is 25.8. The molecule has 3 N–H and O–H groups in total. The Kier molecular flexibility index (Phi) is 3.28. The summed E-state index contributed by atoms with van der Waals surface area (Å²) in [6.07, 6.45) is 0. The van der Waals surface area contributed by atoms with E-state index >= 15 is 0 Å². The highest BCUT2D eigenvalue weighted by Crippen LogP contribution is 2.28. The van der Waals surface area contributed by atoms with Gasteiger partial charge in [-0.1, -0.05) is 30.3 Å². The molecule has 1 aliphatic heterocycles. The van der Waals surface area contributed by atoms with Gasteiger partial charge < -0.3 is 5.32 Å². The van der Waals surface area contributed by atoms with E-state index in [1.54, 1.807) is 0 Å². The Hall–Kier alpha value is -0.910. The highest BCUT2D eigenvalue weighted by Gasteiger charge is 2.30. The molecule has 0 amide bonds. The van der Waals surface area contributed by atoms with Gasteiger partial charge in [0.15, 0.2) is 0 Å². The van der Waals surface area contributed by atoms with E-state index in [0.717, 1.165) is 13.1 Å². The molecule has 1 aromatic carbocycles. The molecule has 0 aromatic heterocycles. The molecule has 0 bridgehead atoms. The predicted octanol–water partition coefficient (Wildman–Crippen LogP) is 0.278. The summed E-state index contributed by atoms with van der Waals surface area (Å²) in [5.41, 5.74) is 1.18. The van der Waals surface area contributed by atoms with Crippen LogP contribution >= 0.6 is 0 Å². The molecular weight excluding hydrogens is 224 g/mol. The van der Waals surface area contributed by atoms with Gasteiger partial charge in [0.2, 0.25) is 10.0 Å². The maximum absolute atomic E-state index is 11.1. The van der Waals surface area contributed by atoms with Crippen molar-refractivity contribution >= 4 is 10.0 Å². The zero-order chi connectivity index (χ0) is 11.6. The van der Waals surface area contributed by atoms with Gasteiger partial charge in [-0.05, 0) is 18.0 Å². The first-order chi connectivity index (χ1) is 7.56. The fraction of sp³-hybridized carbons (Fsp3) is 0.455. The zero-order valence-electron chi connectivity index (χ0n) is 8.96. The van der Waals surface area contributed by atoms with Gasteiger partial charge in [-0.15, -0.1) is 0 Å². The van der Waals surface area contributed by atoms with Crippen LogP contribution in [0.3, 0.4) is 0 Å². The Balaban J connectivity index is 2.16. The van der Waals surface area contributed by atoms with Crippen molar-refractivity contribution in [1.29, 1.82) is 0 Å². The van der Waals surface area contributed by atoms with Gasteiger partial charge in [-0.25, -0.2) is 13.6 Å². The summed E-state index contributed by atoms with van der Waals surface area (Å²) in [6, 6.07) is 9.98. The van der Waals surface area contributed by atoms with Crippen LogP contribution in [0, 0.1) is 5.92 Å². The number of rotatable bonds is 3. The van der Waals surface area contributed by atoms with Gasteiger partial charge in [-0.3, -0.25) is 0 Å². The van der Waals surface area contributed by atoms with E-state index in [1.807, 2.05) is 30.3 Å². The Morgan fingerprint density at radius 3 is 2.56 bits per heavy atom. The molecule has 0 radical (unpaired) electrons. The first-order valence-electron chi connectivity index (χ1n) is 5.32. The van der Waals surface area contributed by atoms with Crippen LogP contribution in [0.4, 0.5) is 0 Å². The third-order valence-electron chi connectivity index (χ3n) is 3.01. The van der Waals surface area contributed by atoms with Crippen LogP contribution in [-0.4, -0.2) is 27.3 Å². The van der Waals surface area contributed by atoms with Crippen molar-refractivity contribution in [3.8, 4) is 0 Å². The molecule has 0 saturated carbocycles. The summed E-state index contributed by atoms with van der Waals surface area (Å²) in [4.78, 5) is 0. The molecule has 4 nitrogen and oxygen atoms in total. The van der Waals surface area contributed by atoms with Gasteiger partial charge in [0, 0.05) is 12.5 Å². The average molecular weight is 240 g/mol. The van der Waals surface area contributed by atoms with Gasteiger partial charge >= 0.3 is 0 Å². The summed E-state index contributed by atoms with van der Waals surface area (Å²) in [7, 11) is -3.39. The Morgan fingerprint density at radius 2 is 1.94 bits per heavy atom. The van der Waals surface area contributed by atoms with Crippen molar-refractivity contribution in [3.63, 3.8) is 0 Å². The highest BCUT2D eigenvalue weighted by atomic mass is 32.2. The zero-order valence-corrected chi connectivity index (χ0v) is 9.78. The van der Waals surface area contributed by atoms with Crippen molar-refractivity contribution in [2.75, 3.05) is 18.8 Å². The first kappa shape index (κ1) is 11.6. The largest absolute Gasteiger partial charge is 0.316 e. The maximum atomic E-state index is 11.1. The molecule has 1 saturated heterocycles. The van der Waals surface area contributed by atoms with Crippen molar-refractivity contribution < 1.29 is 8.42 Å². The Bertz CT molecular complexity index is 444. The number of primary sulfonamides is 1. The number of hydrogen-bond acceptors (Lipinski definition) is 3. The summed E-state index contributed by atoms with van der Waals surface area (Å²) in [6.45, 7) is 1.54. The average Bonchev–Trinajstić information content (AvgIpc) is 2.64. The second-order valence-corrected chi connectivity index (χ2v) is 5.92. The molecule has 2 atom stereocenters. The summed E-state index contributed by atoms with van der Waals surface area (Å²) >= 11 is 0. The topological polar surface area (TPSA) is 72.2 Å². The van der Waals surface area contributed by atoms with E-state index in [2.05, 4.69) is 5.32 Å². The molecule has 2 unspecified atom stereocenters. The maximum Gasteiger partial charge on any atom is 0.209 e. The molecule has 0 spiro atoms. The third kappa shape index (κ3) is 2.81. The van der Waals surface area contributed by atoms with Crippen LogP contribution in [0.5, 0.6) is 0 Å². The van der Waals surface area contributed by atoms with Crippen molar-refractivity contribution in [2.45, 2.75) is 5.92 Å². The minimum absolute atomic E-state index is 0.0551. The molecule has 1 aromatic rings. The van der Waals surface area contributed by atoms with E-state index < -0.39 is 10.0 Å². The van der Waals surface area contributed by atoms with Crippen LogP contribution < -0.4 is 10.5 Å². The second kappa shape index (κ2) is 4.53.